The predicted octanol–water partition coefficient (Wildman–Crippen LogP) is 1.00. The van der Waals surface area contributed by atoms with Gasteiger partial charge in [-0.25, -0.2) is 9.68 Å². The van der Waals surface area contributed by atoms with Crippen molar-refractivity contribution in [2.24, 2.45) is 0 Å². The van der Waals surface area contributed by atoms with E-state index in [1.807, 2.05) is 0 Å². The van der Waals surface area contributed by atoms with Crippen molar-refractivity contribution in [3.05, 3.63) is 0 Å². The van der Waals surface area contributed by atoms with Gasteiger partial charge in [-0.3, -0.25) is 4.79 Å². The summed E-state index contributed by atoms with van der Waals surface area (Å²) in [5.41, 5.74) is 0. The standard InChI is InChI=1S/C5H9O7P/c6-4(7)2-1-3-13-12-11-10-5(8)9/h13H,1-3H2,(H,6,7)(H,8,9). The van der Waals surface area contributed by atoms with Crippen molar-refractivity contribution >= 4 is 20.9 Å². The Balaban J connectivity index is 3.00. The Labute approximate surface area is 75.3 Å². The lowest BCUT2D eigenvalue weighted by Crippen LogP contribution is -1.99. The van der Waals surface area contributed by atoms with Crippen LogP contribution in [0.2, 0.25) is 0 Å². The molecule has 0 bridgehead atoms. The highest BCUT2D eigenvalue weighted by Gasteiger charge is 1.99. The summed E-state index contributed by atoms with van der Waals surface area (Å²) >= 11 is 0. The van der Waals surface area contributed by atoms with E-state index >= 15 is 0 Å². The van der Waals surface area contributed by atoms with E-state index in [9.17, 15) is 9.59 Å². The number of carbonyl (C=O) groups is 2. The van der Waals surface area contributed by atoms with Crippen LogP contribution in [0.4, 0.5) is 4.79 Å². The summed E-state index contributed by atoms with van der Waals surface area (Å²) in [7, 11) is -0.143. The van der Waals surface area contributed by atoms with Crippen LogP contribution in [0.15, 0.2) is 0 Å². The van der Waals surface area contributed by atoms with Gasteiger partial charge in [-0.05, 0) is 17.6 Å². The SMILES string of the molecule is O=C(O)CCCPOOOC(=O)O. The number of hydrogen-bond donors (Lipinski definition) is 2. The lowest BCUT2D eigenvalue weighted by atomic mass is 10.3. The van der Waals surface area contributed by atoms with Crippen LogP contribution < -0.4 is 0 Å². The Bertz CT molecular complexity index is 152. The maximum absolute atomic E-state index is 10.0. The van der Waals surface area contributed by atoms with Crippen LogP contribution in [0.3, 0.4) is 0 Å². The topological polar surface area (TPSA) is 102 Å². The molecule has 0 spiro atoms. The third-order valence-electron chi connectivity index (χ3n) is 0.868. The van der Waals surface area contributed by atoms with E-state index in [2.05, 4.69) is 14.6 Å². The van der Waals surface area contributed by atoms with Crippen molar-refractivity contribution < 1.29 is 34.4 Å². The van der Waals surface area contributed by atoms with Gasteiger partial charge in [0.05, 0.1) is 8.81 Å². The summed E-state index contributed by atoms with van der Waals surface area (Å²) in [6.07, 6.45) is -0.620. The molecule has 0 aromatic rings. The Morgan fingerprint density at radius 1 is 1.31 bits per heavy atom. The van der Waals surface area contributed by atoms with E-state index in [-0.39, 0.29) is 15.2 Å². The average Bonchev–Trinajstić information content (AvgIpc) is 2.01. The third-order valence-corrected chi connectivity index (χ3v) is 1.61. The number of aliphatic carboxylic acids is 1. The molecule has 0 aromatic carbocycles. The fourth-order valence-electron chi connectivity index (χ4n) is 0.424. The molecule has 1 unspecified atom stereocenters. The smallest absolute Gasteiger partial charge is 0.481 e. The van der Waals surface area contributed by atoms with E-state index in [4.69, 9.17) is 10.2 Å². The fraction of sp³-hybridized carbons (Fsp3) is 0.600. The first-order valence-electron chi connectivity index (χ1n) is 3.30. The second-order valence-corrected chi connectivity index (χ2v) is 2.85. The Hall–Kier alpha value is -0.910. The number of hydrogen-bond acceptors (Lipinski definition) is 5. The highest BCUT2D eigenvalue weighted by Crippen LogP contribution is 2.14. The van der Waals surface area contributed by atoms with Crippen LogP contribution in [0.25, 0.3) is 0 Å². The van der Waals surface area contributed by atoms with Gasteiger partial charge in [0.15, 0.2) is 0 Å². The predicted molar refractivity (Wildman–Crippen MR) is 41.3 cm³/mol. The zero-order valence-electron chi connectivity index (χ0n) is 6.56. The maximum atomic E-state index is 10.0. The quantitative estimate of drug-likeness (QED) is 0.281. The summed E-state index contributed by atoms with van der Waals surface area (Å²) in [5, 5.41) is 19.9. The highest BCUT2D eigenvalue weighted by molar-refractivity contribution is 7.32. The minimum absolute atomic E-state index is 0.0517. The van der Waals surface area contributed by atoms with E-state index in [0.29, 0.717) is 12.6 Å². The minimum Gasteiger partial charge on any atom is -0.481 e. The van der Waals surface area contributed by atoms with Gasteiger partial charge in [0, 0.05) is 6.42 Å². The Morgan fingerprint density at radius 3 is 2.54 bits per heavy atom. The normalized spacial score (nSPS) is 10.5. The molecular weight excluding hydrogens is 203 g/mol. The highest BCUT2D eigenvalue weighted by atomic mass is 31.1. The average molecular weight is 212 g/mol. The monoisotopic (exact) mass is 212 g/mol. The fourth-order valence-corrected chi connectivity index (χ4v) is 0.910. The van der Waals surface area contributed by atoms with Crippen LogP contribution in [-0.4, -0.2) is 28.5 Å². The van der Waals surface area contributed by atoms with Crippen molar-refractivity contribution in [3.63, 3.8) is 0 Å². The second-order valence-electron chi connectivity index (χ2n) is 1.89. The molecule has 0 amide bonds. The molecule has 0 rings (SSSR count). The lowest BCUT2D eigenvalue weighted by Gasteiger charge is -1.98. The molecule has 0 saturated carbocycles. The first-order chi connectivity index (χ1) is 6.13. The molecule has 0 radical (unpaired) electrons. The van der Waals surface area contributed by atoms with Crippen molar-refractivity contribution in [1.82, 2.24) is 0 Å². The van der Waals surface area contributed by atoms with Gasteiger partial charge >= 0.3 is 12.1 Å². The minimum atomic E-state index is -1.60. The van der Waals surface area contributed by atoms with Crippen LogP contribution in [-0.2, 0) is 19.4 Å². The first kappa shape index (κ1) is 12.1. The number of carboxylic acid groups (broad SMARTS) is 2. The van der Waals surface area contributed by atoms with Gasteiger partial charge in [0.1, 0.15) is 0 Å². The van der Waals surface area contributed by atoms with Gasteiger partial charge in [-0.1, -0.05) is 0 Å². The molecule has 8 heteroatoms. The summed E-state index contributed by atoms with van der Waals surface area (Å²) in [6.45, 7) is 0. The van der Waals surface area contributed by atoms with Gasteiger partial charge in [-0.2, -0.15) is 4.67 Å². The lowest BCUT2D eigenvalue weighted by molar-refractivity contribution is -0.431. The van der Waals surface area contributed by atoms with Crippen LogP contribution >= 0.6 is 8.81 Å². The molecule has 0 heterocycles. The van der Waals surface area contributed by atoms with Gasteiger partial charge in [0.25, 0.3) is 0 Å². The molecule has 76 valence electrons. The zero-order chi connectivity index (χ0) is 10.1. The van der Waals surface area contributed by atoms with Gasteiger partial charge < -0.3 is 10.2 Å². The molecule has 1 atom stereocenters. The van der Waals surface area contributed by atoms with E-state index in [1.54, 1.807) is 0 Å². The first-order valence-corrected chi connectivity index (χ1v) is 4.42. The number of carboxylic acids is 1. The van der Waals surface area contributed by atoms with Crippen molar-refractivity contribution in [2.75, 3.05) is 6.16 Å². The van der Waals surface area contributed by atoms with E-state index in [1.165, 1.54) is 0 Å². The van der Waals surface area contributed by atoms with Gasteiger partial charge in [-0.15, -0.1) is 0 Å². The van der Waals surface area contributed by atoms with Crippen LogP contribution in [0.5, 0.6) is 0 Å². The van der Waals surface area contributed by atoms with Gasteiger partial charge in [0.2, 0.25) is 0 Å². The summed E-state index contributed by atoms with van der Waals surface area (Å²) < 4.78 is 4.26. The molecule has 0 aliphatic carbocycles. The molecule has 0 saturated heterocycles. The maximum Gasteiger partial charge on any atom is 0.540 e. The number of rotatable bonds is 7. The third kappa shape index (κ3) is 11.1. The molecule has 7 nitrogen and oxygen atoms in total. The molecule has 2 N–H and O–H groups in total. The molecular formula is C5H9O7P. The Kier molecular flexibility index (Phi) is 7.18. The molecule has 0 aliphatic heterocycles. The Morgan fingerprint density at radius 2 is 2.00 bits per heavy atom. The van der Waals surface area contributed by atoms with E-state index < -0.39 is 12.1 Å². The molecule has 0 aromatic heterocycles. The van der Waals surface area contributed by atoms with Crippen molar-refractivity contribution in [3.8, 4) is 0 Å². The second kappa shape index (κ2) is 7.72. The van der Waals surface area contributed by atoms with Crippen molar-refractivity contribution in [2.45, 2.75) is 12.8 Å². The van der Waals surface area contributed by atoms with Crippen molar-refractivity contribution in [1.29, 1.82) is 0 Å². The molecule has 0 fully saturated rings. The largest absolute Gasteiger partial charge is 0.540 e. The van der Waals surface area contributed by atoms with Crippen LogP contribution in [0, 0.1) is 0 Å². The molecule has 0 aliphatic rings. The molecule has 13 heavy (non-hydrogen) atoms. The van der Waals surface area contributed by atoms with Crippen LogP contribution in [0.1, 0.15) is 12.8 Å². The van der Waals surface area contributed by atoms with E-state index in [0.717, 1.165) is 0 Å². The summed E-state index contributed by atoms with van der Waals surface area (Å²) in [4.78, 5) is 23.2. The zero-order valence-corrected chi connectivity index (χ0v) is 7.56. The summed E-state index contributed by atoms with van der Waals surface area (Å²) in [5.74, 6) is -0.882. The summed E-state index contributed by atoms with van der Waals surface area (Å²) in [6, 6.07) is 0.